The van der Waals surface area contributed by atoms with Crippen LogP contribution in [-0.4, -0.2) is 36.7 Å². The van der Waals surface area contributed by atoms with Crippen LogP contribution >= 0.6 is 0 Å². The third kappa shape index (κ3) is 3.93. The second kappa shape index (κ2) is 7.34. The van der Waals surface area contributed by atoms with Crippen molar-refractivity contribution >= 4 is 10.9 Å². The van der Waals surface area contributed by atoms with Gasteiger partial charge in [-0.15, -0.1) is 0 Å². The lowest BCUT2D eigenvalue weighted by atomic mass is 10.2. The van der Waals surface area contributed by atoms with Gasteiger partial charge in [-0.3, -0.25) is 0 Å². The van der Waals surface area contributed by atoms with Gasteiger partial charge in [-0.25, -0.2) is 0 Å². The number of ether oxygens (including phenoxy) is 1. The standard InChI is InChI=1S/C20H24N2O/c1-21(2)13-8-14-23-20-16-22(15-17-9-4-3-5-10-17)19-12-7-6-11-18(19)20/h3-7,9-12,16H,8,13-15H2,1-2H3. The van der Waals surface area contributed by atoms with E-state index in [9.17, 15) is 0 Å². The molecule has 0 unspecified atom stereocenters. The van der Waals surface area contributed by atoms with Crippen LogP contribution in [-0.2, 0) is 6.54 Å². The Balaban J connectivity index is 1.79. The molecule has 2 aromatic carbocycles. The molecule has 3 aromatic rings. The lowest BCUT2D eigenvalue weighted by molar-refractivity contribution is 0.283. The SMILES string of the molecule is CN(C)CCCOc1cn(Cc2ccccc2)c2ccccc12. The number of benzene rings is 2. The van der Waals surface area contributed by atoms with Crippen molar-refractivity contribution in [2.24, 2.45) is 0 Å². The quantitative estimate of drug-likeness (QED) is 0.613. The molecule has 0 N–H and O–H groups in total. The van der Waals surface area contributed by atoms with Gasteiger partial charge in [0.15, 0.2) is 0 Å². The predicted octanol–water partition coefficient (Wildman–Crippen LogP) is 4.02. The van der Waals surface area contributed by atoms with Crippen molar-refractivity contribution < 1.29 is 4.74 Å². The summed E-state index contributed by atoms with van der Waals surface area (Å²) >= 11 is 0. The van der Waals surface area contributed by atoms with Crippen LogP contribution in [0.1, 0.15) is 12.0 Å². The Kier molecular flexibility index (Phi) is 4.99. The van der Waals surface area contributed by atoms with Crippen molar-refractivity contribution in [2.45, 2.75) is 13.0 Å². The molecule has 0 bridgehead atoms. The number of aromatic nitrogens is 1. The van der Waals surface area contributed by atoms with Gasteiger partial charge in [-0.05, 0) is 38.2 Å². The maximum Gasteiger partial charge on any atom is 0.144 e. The first kappa shape index (κ1) is 15.6. The van der Waals surface area contributed by atoms with E-state index in [1.807, 2.05) is 0 Å². The Hall–Kier alpha value is -2.26. The maximum atomic E-state index is 6.04. The molecule has 0 aliphatic rings. The average Bonchev–Trinajstić information content (AvgIpc) is 2.91. The third-order valence-electron chi connectivity index (χ3n) is 3.96. The van der Waals surface area contributed by atoms with E-state index in [4.69, 9.17) is 4.74 Å². The minimum atomic E-state index is 0.748. The molecular weight excluding hydrogens is 284 g/mol. The van der Waals surface area contributed by atoms with E-state index in [1.165, 1.54) is 16.5 Å². The van der Waals surface area contributed by atoms with Crippen LogP contribution in [0.5, 0.6) is 5.75 Å². The summed E-state index contributed by atoms with van der Waals surface area (Å²) in [6.45, 7) is 2.66. The molecule has 0 saturated heterocycles. The second-order valence-electron chi connectivity index (χ2n) is 6.13. The highest BCUT2D eigenvalue weighted by molar-refractivity contribution is 5.86. The second-order valence-corrected chi connectivity index (χ2v) is 6.13. The molecule has 0 spiro atoms. The first-order chi connectivity index (χ1) is 11.2. The number of hydrogen-bond acceptors (Lipinski definition) is 2. The van der Waals surface area contributed by atoms with E-state index in [-0.39, 0.29) is 0 Å². The van der Waals surface area contributed by atoms with Crippen LogP contribution in [0.2, 0.25) is 0 Å². The summed E-state index contributed by atoms with van der Waals surface area (Å²) in [7, 11) is 4.18. The van der Waals surface area contributed by atoms with Gasteiger partial charge < -0.3 is 14.2 Å². The molecule has 0 radical (unpaired) electrons. The van der Waals surface area contributed by atoms with Gasteiger partial charge in [-0.1, -0.05) is 42.5 Å². The van der Waals surface area contributed by atoms with Gasteiger partial charge in [0, 0.05) is 24.7 Å². The number of fused-ring (bicyclic) bond motifs is 1. The first-order valence-electron chi connectivity index (χ1n) is 8.13. The van der Waals surface area contributed by atoms with Crippen molar-refractivity contribution in [3.63, 3.8) is 0 Å². The number of rotatable bonds is 7. The fraction of sp³-hybridized carbons (Fsp3) is 0.300. The molecule has 1 heterocycles. The highest BCUT2D eigenvalue weighted by atomic mass is 16.5. The van der Waals surface area contributed by atoms with Crippen molar-refractivity contribution in [1.82, 2.24) is 9.47 Å². The summed E-state index contributed by atoms with van der Waals surface area (Å²) in [6, 6.07) is 19.0. The molecule has 0 saturated carbocycles. The Morgan fingerprint density at radius 3 is 2.48 bits per heavy atom. The monoisotopic (exact) mass is 308 g/mol. The molecule has 3 nitrogen and oxygen atoms in total. The molecule has 0 atom stereocenters. The van der Waals surface area contributed by atoms with Gasteiger partial charge in [0.2, 0.25) is 0 Å². The Morgan fingerprint density at radius 1 is 0.957 bits per heavy atom. The van der Waals surface area contributed by atoms with Crippen molar-refractivity contribution in [3.05, 3.63) is 66.4 Å². The first-order valence-corrected chi connectivity index (χ1v) is 8.13. The molecule has 3 heteroatoms. The molecule has 0 amide bonds. The van der Waals surface area contributed by atoms with Crippen molar-refractivity contribution in [2.75, 3.05) is 27.2 Å². The Morgan fingerprint density at radius 2 is 1.70 bits per heavy atom. The zero-order valence-corrected chi connectivity index (χ0v) is 13.9. The zero-order valence-electron chi connectivity index (χ0n) is 13.9. The van der Waals surface area contributed by atoms with Crippen LogP contribution in [0.15, 0.2) is 60.8 Å². The summed E-state index contributed by atoms with van der Waals surface area (Å²) in [4.78, 5) is 2.18. The van der Waals surface area contributed by atoms with Crippen LogP contribution in [0, 0.1) is 0 Å². The van der Waals surface area contributed by atoms with Crippen molar-refractivity contribution in [3.8, 4) is 5.75 Å². The maximum absolute atomic E-state index is 6.04. The fourth-order valence-electron chi connectivity index (χ4n) is 2.80. The van der Waals surface area contributed by atoms with Crippen LogP contribution in [0.3, 0.4) is 0 Å². The lowest BCUT2D eigenvalue weighted by Gasteiger charge is -2.09. The Labute approximate surface area is 138 Å². The smallest absolute Gasteiger partial charge is 0.144 e. The largest absolute Gasteiger partial charge is 0.491 e. The summed E-state index contributed by atoms with van der Waals surface area (Å²) < 4.78 is 8.31. The van der Waals surface area contributed by atoms with Gasteiger partial charge in [0.25, 0.3) is 0 Å². The molecule has 0 aliphatic heterocycles. The van der Waals surface area contributed by atoms with E-state index in [2.05, 4.69) is 84.4 Å². The van der Waals surface area contributed by atoms with Gasteiger partial charge >= 0.3 is 0 Å². The van der Waals surface area contributed by atoms with Gasteiger partial charge in [0.05, 0.1) is 12.1 Å². The summed E-state index contributed by atoms with van der Waals surface area (Å²) in [5.74, 6) is 0.982. The van der Waals surface area contributed by atoms with Crippen LogP contribution in [0.25, 0.3) is 10.9 Å². The molecule has 120 valence electrons. The molecule has 23 heavy (non-hydrogen) atoms. The van der Waals surface area contributed by atoms with Gasteiger partial charge in [-0.2, -0.15) is 0 Å². The fourth-order valence-corrected chi connectivity index (χ4v) is 2.80. The summed E-state index contributed by atoms with van der Waals surface area (Å²) in [6.07, 6.45) is 3.17. The molecule has 1 aromatic heterocycles. The number of nitrogens with zero attached hydrogens (tertiary/aromatic N) is 2. The van der Waals surface area contributed by atoms with E-state index in [0.717, 1.165) is 31.9 Å². The van der Waals surface area contributed by atoms with E-state index in [0.29, 0.717) is 0 Å². The number of para-hydroxylation sites is 1. The summed E-state index contributed by atoms with van der Waals surface area (Å²) in [5, 5.41) is 1.19. The van der Waals surface area contributed by atoms with Crippen LogP contribution < -0.4 is 4.74 Å². The molecular formula is C20H24N2O. The number of hydrogen-bond donors (Lipinski definition) is 0. The topological polar surface area (TPSA) is 17.4 Å². The molecule has 0 fully saturated rings. The van der Waals surface area contributed by atoms with E-state index in [1.54, 1.807) is 0 Å². The average molecular weight is 308 g/mol. The highest BCUT2D eigenvalue weighted by Crippen LogP contribution is 2.28. The van der Waals surface area contributed by atoms with Crippen LogP contribution in [0.4, 0.5) is 0 Å². The Bertz CT molecular complexity index is 747. The van der Waals surface area contributed by atoms with Gasteiger partial charge in [0.1, 0.15) is 5.75 Å². The molecule has 3 rings (SSSR count). The minimum Gasteiger partial charge on any atom is -0.491 e. The summed E-state index contributed by atoms with van der Waals surface area (Å²) in [5.41, 5.74) is 2.52. The molecule has 0 aliphatic carbocycles. The third-order valence-corrected chi connectivity index (χ3v) is 3.96. The van der Waals surface area contributed by atoms with E-state index >= 15 is 0 Å². The minimum absolute atomic E-state index is 0.748. The highest BCUT2D eigenvalue weighted by Gasteiger charge is 2.09. The lowest BCUT2D eigenvalue weighted by Crippen LogP contribution is -2.15. The predicted molar refractivity (Wildman–Crippen MR) is 96.1 cm³/mol. The zero-order chi connectivity index (χ0) is 16.1. The van der Waals surface area contributed by atoms with Crippen molar-refractivity contribution in [1.29, 1.82) is 0 Å². The normalized spacial score (nSPS) is 11.3. The van der Waals surface area contributed by atoms with E-state index < -0.39 is 0 Å².